The van der Waals surface area contributed by atoms with Gasteiger partial charge in [-0.3, -0.25) is 14.5 Å². The van der Waals surface area contributed by atoms with E-state index in [9.17, 15) is 9.59 Å². The van der Waals surface area contributed by atoms with Gasteiger partial charge in [-0.1, -0.05) is 84.1 Å². The number of anilines is 1. The SMILES string of the molecule is O=C(CCCN1C(=O)/C(=C/c2ccccc2)SC1=S)Nc1ncc(Cc2ccccc2Cl)s1. The predicted octanol–water partition coefficient (Wildman–Crippen LogP) is 6.01. The fourth-order valence-electron chi connectivity index (χ4n) is 3.25. The molecule has 0 unspecified atom stereocenters. The van der Waals surface area contributed by atoms with E-state index in [0.29, 0.717) is 38.8 Å². The standard InChI is InChI=1S/C24H20ClN3O2S3/c25-19-10-5-4-9-17(19)14-18-15-26-23(32-18)27-21(29)11-6-12-28-22(30)20(33-24(28)31)13-16-7-2-1-3-8-16/h1-5,7-10,13,15H,6,11-12,14H2,(H,26,27,29)/b20-13-. The summed E-state index contributed by atoms with van der Waals surface area (Å²) in [5.74, 6) is -0.252. The fourth-order valence-corrected chi connectivity index (χ4v) is 5.61. The van der Waals surface area contributed by atoms with Crippen molar-refractivity contribution in [2.75, 3.05) is 11.9 Å². The molecule has 0 spiro atoms. The van der Waals surface area contributed by atoms with Gasteiger partial charge in [-0.15, -0.1) is 11.3 Å². The summed E-state index contributed by atoms with van der Waals surface area (Å²) in [6.45, 7) is 0.403. The molecular weight excluding hydrogens is 494 g/mol. The summed E-state index contributed by atoms with van der Waals surface area (Å²) in [6, 6.07) is 17.3. The molecular formula is C24H20ClN3O2S3. The highest BCUT2D eigenvalue weighted by atomic mass is 35.5. The van der Waals surface area contributed by atoms with Crippen molar-refractivity contribution in [2.24, 2.45) is 0 Å². The number of nitrogens with one attached hydrogen (secondary N) is 1. The molecule has 9 heteroatoms. The van der Waals surface area contributed by atoms with Gasteiger partial charge in [0.2, 0.25) is 5.91 Å². The lowest BCUT2D eigenvalue weighted by Gasteiger charge is -2.13. The molecule has 0 atom stereocenters. The molecule has 2 aromatic carbocycles. The second-order valence-electron chi connectivity index (χ2n) is 7.30. The van der Waals surface area contributed by atoms with E-state index in [4.69, 9.17) is 23.8 Å². The first-order valence-corrected chi connectivity index (χ1v) is 12.7. The van der Waals surface area contributed by atoms with Gasteiger partial charge >= 0.3 is 0 Å². The summed E-state index contributed by atoms with van der Waals surface area (Å²) in [4.78, 5) is 32.5. The van der Waals surface area contributed by atoms with Crippen molar-refractivity contribution in [1.29, 1.82) is 0 Å². The quantitative estimate of drug-likeness (QED) is 0.295. The Morgan fingerprint density at radius 2 is 1.91 bits per heavy atom. The summed E-state index contributed by atoms with van der Waals surface area (Å²) in [5.41, 5.74) is 1.97. The smallest absolute Gasteiger partial charge is 0.266 e. The van der Waals surface area contributed by atoms with Crippen LogP contribution >= 0.6 is 46.9 Å². The summed E-state index contributed by atoms with van der Waals surface area (Å²) in [5, 5.41) is 4.10. The minimum absolute atomic E-state index is 0.113. The predicted molar refractivity (Wildman–Crippen MR) is 141 cm³/mol. The first-order valence-electron chi connectivity index (χ1n) is 10.3. The molecule has 1 saturated heterocycles. The maximum atomic E-state index is 12.7. The number of aromatic nitrogens is 1. The lowest BCUT2D eigenvalue weighted by atomic mass is 10.1. The highest BCUT2D eigenvalue weighted by molar-refractivity contribution is 8.26. The number of carbonyl (C=O) groups excluding carboxylic acids is 2. The number of benzene rings is 2. The topological polar surface area (TPSA) is 62.3 Å². The van der Waals surface area contributed by atoms with Crippen LogP contribution in [0, 0.1) is 0 Å². The number of nitrogens with zero attached hydrogens (tertiary/aromatic N) is 2. The van der Waals surface area contributed by atoms with Crippen LogP contribution in [-0.4, -0.2) is 32.6 Å². The third-order valence-corrected chi connectivity index (χ3v) is 7.54. The highest BCUT2D eigenvalue weighted by Crippen LogP contribution is 2.32. The number of halogens is 1. The molecule has 5 nitrogen and oxygen atoms in total. The van der Waals surface area contributed by atoms with Gasteiger partial charge in [0.05, 0.1) is 4.91 Å². The first-order chi connectivity index (χ1) is 16.0. The van der Waals surface area contributed by atoms with Crippen molar-refractivity contribution in [2.45, 2.75) is 19.3 Å². The van der Waals surface area contributed by atoms with E-state index in [-0.39, 0.29) is 18.2 Å². The second-order valence-corrected chi connectivity index (χ2v) is 10.5. The van der Waals surface area contributed by atoms with Crippen LogP contribution in [0.5, 0.6) is 0 Å². The van der Waals surface area contributed by atoms with Gasteiger partial charge in [0.1, 0.15) is 4.32 Å². The number of thiocarbonyl (C=S) groups is 1. The van der Waals surface area contributed by atoms with Gasteiger partial charge < -0.3 is 5.32 Å². The van der Waals surface area contributed by atoms with E-state index in [0.717, 1.165) is 16.0 Å². The van der Waals surface area contributed by atoms with E-state index in [2.05, 4.69) is 10.3 Å². The lowest BCUT2D eigenvalue weighted by molar-refractivity contribution is -0.122. The minimum atomic E-state index is -0.140. The molecule has 2 amide bonds. The van der Waals surface area contributed by atoms with Crippen LogP contribution < -0.4 is 5.32 Å². The molecule has 1 aliphatic heterocycles. The van der Waals surface area contributed by atoms with Crippen LogP contribution in [-0.2, 0) is 16.0 Å². The molecule has 4 rings (SSSR count). The Morgan fingerprint density at radius 3 is 2.70 bits per heavy atom. The number of hydrogen-bond acceptors (Lipinski definition) is 6. The average Bonchev–Trinajstić information content (AvgIpc) is 3.34. The summed E-state index contributed by atoms with van der Waals surface area (Å²) in [7, 11) is 0. The van der Waals surface area contributed by atoms with Gasteiger partial charge in [-0.25, -0.2) is 4.98 Å². The van der Waals surface area contributed by atoms with Crippen LogP contribution in [0.4, 0.5) is 5.13 Å². The van der Waals surface area contributed by atoms with Crippen LogP contribution in [0.15, 0.2) is 65.7 Å². The van der Waals surface area contributed by atoms with Crippen molar-refractivity contribution in [3.8, 4) is 0 Å². The molecule has 3 aromatic rings. The van der Waals surface area contributed by atoms with Crippen LogP contribution in [0.1, 0.15) is 28.8 Å². The van der Waals surface area contributed by atoms with E-state index in [1.807, 2.05) is 60.7 Å². The van der Waals surface area contributed by atoms with Crippen LogP contribution in [0.25, 0.3) is 6.08 Å². The Balaban J connectivity index is 1.26. The third kappa shape index (κ3) is 6.29. The summed E-state index contributed by atoms with van der Waals surface area (Å²) >= 11 is 14.3. The molecule has 1 aromatic heterocycles. The maximum absolute atomic E-state index is 12.7. The summed E-state index contributed by atoms with van der Waals surface area (Å²) < 4.78 is 0.520. The van der Waals surface area contributed by atoms with Gasteiger partial charge in [0.25, 0.3) is 5.91 Å². The molecule has 168 valence electrons. The Labute approximate surface area is 210 Å². The van der Waals surface area contributed by atoms with Gasteiger partial charge in [-0.2, -0.15) is 0 Å². The Kier molecular flexibility index (Phi) is 7.93. The van der Waals surface area contributed by atoms with E-state index >= 15 is 0 Å². The normalized spacial score (nSPS) is 14.8. The zero-order chi connectivity index (χ0) is 23.2. The third-order valence-electron chi connectivity index (χ3n) is 4.88. The Hall–Kier alpha value is -2.52. The Bertz CT molecular complexity index is 1210. The van der Waals surface area contributed by atoms with Gasteiger partial charge in [0.15, 0.2) is 5.13 Å². The number of rotatable bonds is 8. The fraction of sp³-hybridized carbons (Fsp3) is 0.167. The largest absolute Gasteiger partial charge is 0.302 e. The molecule has 0 aliphatic carbocycles. The second kappa shape index (κ2) is 11.1. The molecule has 1 fully saturated rings. The number of thioether (sulfide) groups is 1. The highest BCUT2D eigenvalue weighted by Gasteiger charge is 2.31. The van der Waals surface area contributed by atoms with Gasteiger partial charge in [-0.05, 0) is 29.7 Å². The summed E-state index contributed by atoms with van der Waals surface area (Å²) in [6.07, 6.45) is 5.04. The van der Waals surface area contributed by atoms with Crippen molar-refractivity contribution in [3.05, 3.63) is 86.7 Å². The number of thiazole rings is 1. The van der Waals surface area contributed by atoms with Crippen molar-refractivity contribution < 1.29 is 9.59 Å². The molecule has 0 saturated carbocycles. The van der Waals surface area contributed by atoms with Crippen molar-refractivity contribution in [1.82, 2.24) is 9.88 Å². The maximum Gasteiger partial charge on any atom is 0.266 e. The van der Waals surface area contributed by atoms with E-state index in [1.54, 1.807) is 11.1 Å². The molecule has 2 heterocycles. The lowest BCUT2D eigenvalue weighted by Crippen LogP contribution is -2.29. The molecule has 1 aliphatic rings. The monoisotopic (exact) mass is 513 g/mol. The van der Waals surface area contributed by atoms with E-state index in [1.165, 1.54) is 23.1 Å². The zero-order valence-electron chi connectivity index (χ0n) is 17.5. The van der Waals surface area contributed by atoms with Crippen molar-refractivity contribution >= 4 is 74.3 Å². The molecule has 0 radical (unpaired) electrons. The number of hydrogen-bond donors (Lipinski definition) is 1. The average molecular weight is 514 g/mol. The minimum Gasteiger partial charge on any atom is -0.302 e. The molecule has 1 N–H and O–H groups in total. The van der Waals surface area contributed by atoms with Crippen LogP contribution in [0.2, 0.25) is 5.02 Å². The van der Waals surface area contributed by atoms with Crippen molar-refractivity contribution in [3.63, 3.8) is 0 Å². The molecule has 0 bridgehead atoms. The number of carbonyl (C=O) groups is 2. The van der Waals surface area contributed by atoms with Gasteiger partial charge in [0, 0.05) is 35.5 Å². The zero-order valence-corrected chi connectivity index (χ0v) is 20.7. The van der Waals surface area contributed by atoms with E-state index < -0.39 is 0 Å². The number of amides is 2. The molecule has 33 heavy (non-hydrogen) atoms. The first kappa shape index (κ1) is 23.6. The Morgan fingerprint density at radius 1 is 1.15 bits per heavy atom. The van der Waals surface area contributed by atoms with Crippen LogP contribution in [0.3, 0.4) is 0 Å².